The number of benzene rings is 2. The quantitative estimate of drug-likeness (QED) is 0.848. The maximum absolute atomic E-state index is 13.0. The molecule has 2 aromatic carbocycles. The Morgan fingerprint density at radius 2 is 2.05 bits per heavy atom. The fourth-order valence-corrected chi connectivity index (χ4v) is 1.92. The van der Waals surface area contributed by atoms with Crippen LogP contribution in [0.5, 0.6) is 5.75 Å². The fourth-order valence-electron chi connectivity index (χ4n) is 1.92. The standard InChI is InChI=1S/C16H16FNO2/c1-11-6-7-16(20-2)14(8-11)15(19)10-18-13-5-3-4-12(17)9-13/h3-9,18H,10H2,1-2H3. The first kappa shape index (κ1) is 14.1. The Balaban J connectivity index is 2.10. The number of rotatable bonds is 5. The van der Waals surface area contributed by atoms with Gasteiger partial charge in [-0.15, -0.1) is 0 Å². The molecule has 0 aliphatic carbocycles. The number of hydrogen-bond donors (Lipinski definition) is 1. The molecule has 4 heteroatoms. The maximum atomic E-state index is 13.0. The molecule has 0 saturated heterocycles. The molecule has 0 aliphatic heterocycles. The van der Waals surface area contributed by atoms with Crippen molar-refractivity contribution in [3.05, 3.63) is 59.4 Å². The summed E-state index contributed by atoms with van der Waals surface area (Å²) >= 11 is 0. The zero-order chi connectivity index (χ0) is 14.5. The minimum absolute atomic E-state index is 0.0866. The summed E-state index contributed by atoms with van der Waals surface area (Å²) in [6.07, 6.45) is 0. The number of anilines is 1. The first-order chi connectivity index (χ1) is 9.60. The Hall–Kier alpha value is -2.36. The van der Waals surface area contributed by atoms with Crippen LogP contribution in [0.2, 0.25) is 0 Å². The summed E-state index contributed by atoms with van der Waals surface area (Å²) in [5.74, 6) is 0.104. The maximum Gasteiger partial charge on any atom is 0.185 e. The largest absolute Gasteiger partial charge is 0.496 e. The monoisotopic (exact) mass is 273 g/mol. The molecule has 20 heavy (non-hydrogen) atoms. The molecular weight excluding hydrogens is 257 g/mol. The second-order valence-electron chi connectivity index (χ2n) is 4.49. The molecule has 0 bridgehead atoms. The van der Waals surface area contributed by atoms with Gasteiger partial charge in [-0.3, -0.25) is 4.79 Å². The third-order valence-corrected chi connectivity index (χ3v) is 2.93. The second kappa shape index (κ2) is 6.19. The highest BCUT2D eigenvalue weighted by Crippen LogP contribution is 2.20. The van der Waals surface area contributed by atoms with Crippen molar-refractivity contribution in [1.82, 2.24) is 0 Å². The number of aryl methyl sites for hydroxylation is 1. The highest BCUT2D eigenvalue weighted by Gasteiger charge is 2.12. The van der Waals surface area contributed by atoms with Gasteiger partial charge >= 0.3 is 0 Å². The van der Waals surface area contributed by atoms with Crippen molar-refractivity contribution in [3.63, 3.8) is 0 Å². The fraction of sp³-hybridized carbons (Fsp3) is 0.188. The molecule has 0 aliphatic rings. The van der Waals surface area contributed by atoms with E-state index in [0.717, 1.165) is 5.56 Å². The lowest BCUT2D eigenvalue weighted by Gasteiger charge is -2.10. The van der Waals surface area contributed by atoms with Gasteiger partial charge in [-0.25, -0.2) is 4.39 Å². The molecule has 1 N–H and O–H groups in total. The second-order valence-corrected chi connectivity index (χ2v) is 4.49. The summed E-state index contributed by atoms with van der Waals surface area (Å²) in [6.45, 7) is 2.00. The van der Waals surface area contributed by atoms with E-state index >= 15 is 0 Å². The Labute approximate surface area is 117 Å². The molecule has 0 radical (unpaired) electrons. The molecule has 2 rings (SSSR count). The van der Waals surface area contributed by atoms with Crippen LogP contribution in [-0.4, -0.2) is 19.4 Å². The first-order valence-electron chi connectivity index (χ1n) is 6.27. The van der Waals surface area contributed by atoms with Crippen molar-refractivity contribution >= 4 is 11.5 Å². The van der Waals surface area contributed by atoms with Gasteiger partial charge < -0.3 is 10.1 Å². The van der Waals surface area contributed by atoms with E-state index in [0.29, 0.717) is 17.0 Å². The molecule has 2 aromatic rings. The van der Waals surface area contributed by atoms with Gasteiger partial charge in [0, 0.05) is 5.69 Å². The SMILES string of the molecule is COc1ccc(C)cc1C(=O)CNc1cccc(F)c1. The van der Waals surface area contributed by atoms with Crippen LogP contribution in [0.4, 0.5) is 10.1 Å². The zero-order valence-corrected chi connectivity index (χ0v) is 11.4. The summed E-state index contributed by atoms with van der Waals surface area (Å²) in [7, 11) is 1.53. The third-order valence-electron chi connectivity index (χ3n) is 2.93. The normalized spacial score (nSPS) is 10.2. The number of ether oxygens (including phenoxy) is 1. The van der Waals surface area contributed by atoms with Crippen LogP contribution in [0.15, 0.2) is 42.5 Å². The average molecular weight is 273 g/mol. The van der Waals surface area contributed by atoms with Gasteiger partial charge in [-0.2, -0.15) is 0 Å². The molecule has 0 saturated carbocycles. The van der Waals surface area contributed by atoms with Crippen LogP contribution in [0.3, 0.4) is 0 Å². The van der Waals surface area contributed by atoms with Crippen molar-refractivity contribution < 1.29 is 13.9 Å². The summed E-state index contributed by atoms with van der Waals surface area (Å²) in [4.78, 5) is 12.2. The van der Waals surface area contributed by atoms with Crippen molar-refractivity contribution in [2.24, 2.45) is 0 Å². The topological polar surface area (TPSA) is 38.3 Å². The lowest BCUT2D eigenvalue weighted by molar-refractivity contribution is 0.100. The van der Waals surface area contributed by atoms with Crippen molar-refractivity contribution in [2.45, 2.75) is 6.92 Å². The zero-order valence-electron chi connectivity index (χ0n) is 11.4. The van der Waals surface area contributed by atoms with Crippen LogP contribution in [0.25, 0.3) is 0 Å². The highest BCUT2D eigenvalue weighted by molar-refractivity contribution is 6.01. The molecule has 0 spiro atoms. The Morgan fingerprint density at radius 1 is 1.25 bits per heavy atom. The average Bonchev–Trinajstić information content (AvgIpc) is 2.45. The van der Waals surface area contributed by atoms with E-state index in [2.05, 4.69) is 5.32 Å². The van der Waals surface area contributed by atoms with E-state index in [1.165, 1.54) is 19.2 Å². The lowest BCUT2D eigenvalue weighted by Crippen LogP contribution is -2.15. The smallest absolute Gasteiger partial charge is 0.185 e. The first-order valence-corrected chi connectivity index (χ1v) is 6.27. The summed E-state index contributed by atoms with van der Waals surface area (Å²) < 4.78 is 18.2. The van der Waals surface area contributed by atoms with E-state index in [4.69, 9.17) is 4.74 Å². The van der Waals surface area contributed by atoms with Crippen molar-refractivity contribution in [3.8, 4) is 5.75 Å². The van der Waals surface area contributed by atoms with Crippen LogP contribution >= 0.6 is 0 Å². The number of nitrogens with one attached hydrogen (secondary N) is 1. The summed E-state index contributed by atoms with van der Waals surface area (Å²) in [5.41, 5.74) is 2.08. The number of Topliss-reactive ketones (excluding diaryl/α,β-unsaturated/α-hetero) is 1. The Kier molecular flexibility index (Phi) is 4.35. The summed E-state index contributed by atoms with van der Waals surface area (Å²) in [5, 5.41) is 2.91. The highest BCUT2D eigenvalue weighted by atomic mass is 19.1. The van der Waals surface area contributed by atoms with Crippen LogP contribution in [0.1, 0.15) is 15.9 Å². The predicted molar refractivity (Wildman–Crippen MR) is 77.0 cm³/mol. The lowest BCUT2D eigenvalue weighted by atomic mass is 10.1. The minimum Gasteiger partial charge on any atom is -0.496 e. The van der Waals surface area contributed by atoms with Crippen LogP contribution < -0.4 is 10.1 Å². The van der Waals surface area contributed by atoms with Crippen molar-refractivity contribution in [1.29, 1.82) is 0 Å². The number of methoxy groups -OCH3 is 1. The number of ketones is 1. The van der Waals surface area contributed by atoms with Gasteiger partial charge in [0.25, 0.3) is 0 Å². The number of hydrogen-bond acceptors (Lipinski definition) is 3. The molecule has 104 valence electrons. The Morgan fingerprint density at radius 3 is 2.75 bits per heavy atom. The van der Waals surface area contributed by atoms with Gasteiger partial charge in [0.15, 0.2) is 5.78 Å². The molecule has 0 aromatic heterocycles. The van der Waals surface area contributed by atoms with E-state index in [1.54, 1.807) is 24.3 Å². The van der Waals surface area contributed by atoms with E-state index < -0.39 is 0 Å². The summed E-state index contributed by atoms with van der Waals surface area (Å²) in [6, 6.07) is 11.4. The molecule has 0 fully saturated rings. The van der Waals surface area contributed by atoms with Gasteiger partial charge in [0.05, 0.1) is 19.2 Å². The molecule has 0 unspecified atom stereocenters. The van der Waals surface area contributed by atoms with Gasteiger partial charge in [-0.1, -0.05) is 17.7 Å². The molecular formula is C16H16FNO2. The van der Waals surface area contributed by atoms with Gasteiger partial charge in [-0.05, 0) is 37.3 Å². The number of halogens is 1. The van der Waals surface area contributed by atoms with E-state index in [9.17, 15) is 9.18 Å². The third kappa shape index (κ3) is 3.35. The van der Waals surface area contributed by atoms with Crippen LogP contribution in [-0.2, 0) is 0 Å². The molecule has 0 heterocycles. The number of carbonyl (C=O) groups is 1. The van der Waals surface area contributed by atoms with Gasteiger partial charge in [0.2, 0.25) is 0 Å². The van der Waals surface area contributed by atoms with E-state index in [1.807, 2.05) is 13.0 Å². The molecule has 0 amide bonds. The number of carbonyl (C=O) groups excluding carboxylic acids is 1. The Bertz CT molecular complexity index is 626. The van der Waals surface area contributed by atoms with Crippen molar-refractivity contribution in [2.75, 3.05) is 19.0 Å². The van der Waals surface area contributed by atoms with E-state index in [-0.39, 0.29) is 18.1 Å². The van der Waals surface area contributed by atoms with Gasteiger partial charge in [0.1, 0.15) is 11.6 Å². The predicted octanol–water partition coefficient (Wildman–Crippen LogP) is 3.44. The molecule has 3 nitrogen and oxygen atoms in total. The van der Waals surface area contributed by atoms with Crippen LogP contribution in [0, 0.1) is 12.7 Å². The minimum atomic E-state index is -0.337. The molecule has 0 atom stereocenters.